The molecule has 0 atom stereocenters. The van der Waals surface area contributed by atoms with Gasteiger partial charge in [-0.15, -0.1) is 0 Å². The van der Waals surface area contributed by atoms with Crippen LogP contribution in [0.3, 0.4) is 0 Å². The third kappa shape index (κ3) is 4.19. The first-order valence-corrected chi connectivity index (χ1v) is 10.8. The number of nitrogens with zero attached hydrogens (tertiary/aromatic N) is 1. The first-order chi connectivity index (χ1) is 14.6. The van der Waals surface area contributed by atoms with Crippen molar-refractivity contribution in [3.8, 4) is 5.75 Å². The van der Waals surface area contributed by atoms with Gasteiger partial charge in [-0.2, -0.15) is 0 Å². The molecule has 6 heteroatoms. The lowest BCUT2D eigenvalue weighted by Gasteiger charge is -2.31. The lowest BCUT2D eigenvalue weighted by molar-refractivity contribution is -0.121. The summed E-state index contributed by atoms with van der Waals surface area (Å²) in [7, 11) is 1.58. The third-order valence-corrected chi connectivity index (χ3v) is 6.09. The Labute approximate surface area is 184 Å². The van der Waals surface area contributed by atoms with Gasteiger partial charge in [0.15, 0.2) is 0 Å². The predicted octanol–water partition coefficient (Wildman–Crippen LogP) is 5.10. The number of amides is 2. The molecule has 0 aliphatic carbocycles. The van der Waals surface area contributed by atoms with Crippen LogP contribution in [0.5, 0.6) is 5.75 Å². The van der Waals surface area contributed by atoms with Crippen LogP contribution in [0, 0.1) is 5.92 Å². The van der Waals surface area contributed by atoms with E-state index < -0.39 is 0 Å². The average molecular weight is 467 g/mol. The molecule has 0 radical (unpaired) electrons. The van der Waals surface area contributed by atoms with Crippen molar-refractivity contribution in [3.05, 3.63) is 70.7 Å². The molecule has 0 spiro atoms. The van der Waals surface area contributed by atoms with Gasteiger partial charge in [-0.05, 0) is 47.9 Å². The van der Waals surface area contributed by atoms with Crippen LogP contribution in [-0.4, -0.2) is 36.9 Å². The second-order valence-electron chi connectivity index (χ2n) is 7.43. The molecule has 4 rings (SSSR count). The lowest BCUT2D eigenvalue weighted by Crippen LogP contribution is -2.41. The van der Waals surface area contributed by atoms with Crippen molar-refractivity contribution >= 4 is 44.2 Å². The number of carbonyl (C=O) groups is 2. The van der Waals surface area contributed by atoms with Crippen molar-refractivity contribution in [2.75, 3.05) is 25.5 Å². The Bertz CT molecular complexity index is 1090. The molecule has 3 aromatic rings. The van der Waals surface area contributed by atoms with E-state index >= 15 is 0 Å². The molecule has 1 N–H and O–H groups in total. The Morgan fingerprint density at radius 2 is 1.77 bits per heavy atom. The Balaban J connectivity index is 1.42. The minimum Gasteiger partial charge on any atom is -0.495 e. The predicted molar refractivity (Wildman–Crippen MR) is 122 cm³/mol. The zero-order chi connectivity index (χ0) is 21.1. The summed E-state index contributed by atoms with van der Waals surface area (Å²) in [5.41, 5.74) is 1.36. The van der Waals surface area contributed by atoms with E-state index in [1.54, 1.807) is 7.11 Å². The number of fused-ring (bicyclic) bond motifs is 1. The van der Waals surface area contributed by atoms with Crippen LogP contribution in [0.4, 0.5) is 5.69 Å². The van der Waals surface area contributed by atoms with Crippen molar-refractivity contribution in [2.45, 2.75) is 12.8 Å². The normalized spacial score (nSPS) is 14.5. The summed E-state index contributed by atoms with van der Waals surface area (Å²) in [5, 5.41) is 5.00. The number of hydrogen-bond donors (Lipinski definition) is 1. The van der Waals surface area contributed by atoms with E-state index in [9.17, 15) is 9.59 Å². The molecule has 0 unspecified atom stereocenters. The summed E-state index contributed by atoms with van der Waals surface area (Å²) in [6.45, 7) is 1.13. The van der Waals surface area contributed by atoms with Crippen LogP contribution in [0.1, 0.15) is 23.2 Å². The summed E-state index contributed by atoms with van der Waals surface area (Å²) in [4.78, 5) is 27.7. The van der Waals surface area contributed by atoms with Gasteiger partial charge >= 0.3 is 0 Å². The lowest BCUT2D eigenvalue weighted by atomic mass is 9.94. The highest BCUT2D eigenvalue weighted by atomic mass is 79.9. The molecule has 3 aromatic carbocycles. The Morgan fingerprint density at radius 1 is 1.03 bits per heavy atom. The number of hydrogen-bond acceptors (Lipinski definition) is 3. The number of carbonyl (C=O) groups excluding carboxylic acids is 2. The van der Waals surface area contributed by atoms with Crippen LogP contribution >= 0.6 is 15.9 Å². The van der Waals surface area contributed by atoms with Crippen LogP contribution in [0.15, 0.2) is 65.1 Å². The SMILES string of the molecule is COc1ccc(Br)cc1NC(=O)C1CCN(C(=O)c2cccc3ccccc23)CC1. The van der Waals surface area contributed by atoms with Gasteiger partial charge in [0.25, 0.3) is 5.91 Å². The van der Waals surface area contributed by atoms with Crippen molar-refractivity contribution in [2.24, 2.45) is 5.92 Å². The Hall–Kier alpha value is -2.86. The molecule has 154 valence electrons. The average Bonchev–Trinajstić information content (AvgIpc) is 2.78. The van der Waals surface area contributed by atoms with Crippen molar-refractivity contribution in [3.63, 3.8) is 0 Å². The second-order valence-corrected chi connectivity index (χ2v) is 8.34. The highest BCUT2D eigenvalue weighted by molar-refractivity contribution is 9.10. The number of anilines is 1. The standard InChI is InChI=1S/C24H23BrN2O3/c1-30-22-10-9-18(25)15-21(22)26-23(28)17-11-13-27(14-12-17)24(29)20-8-4-6-16-5-2-3-7-19(16)20/h2-10,15,17H,11-14H2,1H3,(H,26,28). The van der Waals surface area contributed by atoms with E-state index in [2.05, 4.69) is 21.2 Å². The number of ether oxygens (including phenoxy) is 1. The highest BCUT2D eigenvalue weighted by Gasteiger charge is 2.28. The molecular weight excluding hydrogens is 444 g/mol. The molecule has 1 fully saturated rings. The van der Waals surface area contributed by atoms with Gasteiger partial charge < -0.3 is 15.0 Å². The molecule has 1 aliphatic heterocycles. The van der Waals surface area contributed by atoms with E-state index in [-0.39, 0.29) is 17.7 Å². The van der Waals surface area contributed by atoms with Crippen LogP contribution < -0.4 is 10.1 Å². The minimum absolute atomic E-state index is 0.0271. The molecule has 5 nitrogen and oxygen atoms in total. The van der Waals surface area contributed by atoms with Gasteiger partial charge in [-0.1, -0.05) is 52.3 Å². The summed E-state index contributed by atoms with van der Waals surface area (Å²) >= 11 is 3.42. The molecule has 1 heterocycles. The van der Waals surface area contributed by atoms with Crippen molar-refractivity contribution < 1.29 is 14.3 Å². The maximum Gasteiger partial charge on any atom is 0.254 e. The number of halogens is 1. The summed E-state index contributed by atoms with van der Waals surface area (Å²) in [6.07, 6.45) is 1.28. The summed E-state index contributed by atoms with van der Waals surface area (Å²) in [5.74, 6) is 0.475. The van der Waals surface area contributed by atoms with Crippen molar-refractivity contribution in [1.29, 1.82) is 0 Å². The van der Waals surface area contributed by atoms with Crippen LogP contribution in [0.25, 0.3) is 10.8 Å². The smallest absolute Gasteiger partial charge is 0.254 e. The zero-order valence-electron chi connectivity index (χ0n) is 16.7. The van der Waals surface area contributed by atoms with Gasteiger partial charge in [0.2, 0.25) is 5.91 Å². The number of rotatable bonds is 4. The highest BCUT2D eigenvalue weighted by Crippen LogP contribution is 2.30. The molecule has 0 bridgehead atoms. The van der Waals surface area contributed by atoms with E-state index in [1.165, 1.54) is 0 Å². The van der Waals surface area contributed by atoms with E-state index in [4.69, 9.17) is 4.74 Å². The fourth-order valence-electron chi connectivity index (χ4n) is 3.94. The number of likely N-dealkylation sites (tertiary alicyclic amines) is 1. The first-order valence-electron chi connectivity index (χ1n) is 9.98. The van der Waals surface area contributed by atoms with Crippen LogP contribution in [-0.2, 0) is 4.79 Å². The molecule has 30 heavy (non-hydrogen) atoms. The number of nitrogens with one attached hydrogen (secondary N) is 1. The van der Waals surface area contributed by atoms with Gasteiger partial charge in [-0.3, -0.25) is 9.59 Å². The first kappa shape index (κ1) is 20.4. The minimum atomic E-state index is -0.134. The van der Waals surface area contributed by atoms with E-state index in [0.717, 1.165) is 20.8 Å². The second kappa shape index (κ2) is 8.88. The van der Waals surface area contributed by atoms with Crippen LogP contribution in [0.2, 0.25) is 0 Å². The van der Waals surface area contributed by atoms with E-state index in [1.807, 2.05) is 65.6 Å². The largest absolute Gasteiger partial charge is 0.495 e. The molecule has 1 saturated heterocycles. The summed E-state index contributed by atoms with van der Waals surface area (Å²) < 4.78 is 6.20. The van der Waals surface area contributed by atoms with E-state index in [0.29, 0.717) is 37.4 Å². The summed E-state index contributed by atoms with van der Waals surface area (Å²) in [6, 6.07) is 19.2. The Kier molecular flexibility index (Phi) is 6.04. The number of methoxy groups -OCH3 is 1. The van der Waals surface area contributed by atoms with Gasteiger partial charge in [-0.25, -0.2) is 0 Å². The fraction of sp³-hybridized carbons (Fsp3) is 0.250. The Morgan fingerprint density at radius 3 is 2.53 bits per heavy atom. The maximum atomic E-state index is 13.1. The monoisotopic (exact) mass is 466 g/mol. The number of piperidine rings is 1. The third-order valence-electron chi connectivity index (χ3n) is 5.59. The fourth-order valence-corrected chi connectivity index (χ4v) is 4.30. The molecule has 0 saturated carbocycles. The topological polar surface area (TPSA) is 58.6 Å². The molecular formula is C24H23BrN2O3. The number of benzene rings is 3. The van der Waals surface area contributed by atoms with Gasteiger partial charge in [0.1, 0.15) is 5.75 Å². The maximum absolute atomic E-state index is 13.1. The van der Waals surface area contributed by atoms with Gasteiger partial charge in [0, 0.05) is 29.0 Å². The zero-order valence-corrected chi connectivity index (χ0v) is 18.3. The quantitative estimate of drug-likeness (QED) is 0.581. The molecule has 0 aromatic heterocycles. The van der Waals surface area contributed by atoms with Gasteiger partial charge in [0.05, 0.1) is 12.8 Å². The molecule has 1 aliphatic rings. The molecule has 2 amide bonds. The van der Waals surface area contributed by atoms with Crippen molar-refractivity contribution in [1.82, 2.24) is 4.90 Å².